The summed E-state index contributed by atoms with van der Waals surface area (Å²) in [6.07, 6.45) is 7.17. The zero-order valence-corrected chi connectivity index (χ0v) is 11.9. The van der Waals surface area contributed by atoms with Crippen LogP contribution in [0.2, 0.25) is 0 Å². The summed E-state index contributed by atoms with van der Waals surface area (Å²) < 4.78 is 0. The van der Waals surface area contributed by atoms with E-state index in [0.29, 0.717) is 6.04 Å². The largest absolute Gasteiger partial charge is 0.307 e. The van der Waals surface area contributed by atoms with E-state index in [1.807, 2.05) is 18.2 Å². The first-order valence-corrected chi connectivity index (χ1v) is 7.38. The van der Waals surface area contributed by atoms with Crippen molar-refractivity contribution in [2.75, 3.05) is 0 Å². The molecule has 2 nitrogen and oxygen atoms in total. The average Bonchev–Trinajstić information content (AvgIpc) is 2.93. The normalized spacial score (nSPS) is 12.0. The van der Waals surface area contributed by atoms with E-state index in [0.717, 1.165) is 30.1 Å². The van der Waals surface area contributed by atoms with Crippen LogP contribution in [0.1, 0.15) is 24.8 Å². The number of hydrogen-bond acceptors (Lipinski definition) is 3. The third-order valence-electron chi connectivity index (χ3n) is 3.02. The van der Waals surface area contributed by atoms with Crippen LogP contribution in [-0.2, 0) is 6.54 Å². The number of terminal acetylenes is 1. The quantitative estimate of drug-likeness (QED) is 0.810. The maximum absolute atomic E-state index is 5.35. The van der Waals surface area contributed by atoms with Gasteiger partial charge in [-0.05, 0) is 6.42 Å². The smallest absolute Gasteiger partial charge is 0.107 e. The lowest BCUT2D eigenvalue weighted by Crippen LogP contribution is -2.27. The molecule has 3 heteroatoms. The highest BCUT2D eigenvalue weighted by Crippen LogP contribution is 2.21. The van der Waals surface area contributed by atoms with Crippen molar-refractivity contribution >= 4 is 11.3 Å². The predicted octanol–water partition coefficient (Wildman–Crippen LogP) is 3.70. The first kappa shape index (κ1) is 13.8. The molecule has 19 heavy (non-hydrogen) atoms. The zero-order chi connectivity index (χ0) is 13.5. The number of benzene rings is 1. The van der Waals surface area contributed by atoms with Crippen LogP contribution >= 0.6 is 11.3 Å². The van der Waals surface area contributed by atoms with Crippen LogP contribution in [0.15, 0.2) is 35.7 Å². The maximum atomic E-state index is 5.35. The van der Waals surface area contributed by atoms with E-state index in [-0.39, 0.29) is 0 Å². The summed E-state index contributed by atoms with van der Waals surface area (Å²) in [5.74, 6) is 2.71. The highest BCUT2D eigenvalue weighted by atomic mass is 32.1. The molecule has 1 aromatic heterocycles. The van der Waals surface area contributed by atoms with E-state index in [9.17, 15) is 0 Å². The number of nitrogens with zero attached hydrogens (tertiary/aromatic N) is 1. The molecule has 0 fully saturated rings. The lowest BCUT2D eigenvalue weighted by molar-refractivity contribution is 0.506. The van der Waals surface area contributed by atoms with Crippen LogP contribution in [0.3, 0.4) is 0 Å². The Balaban J connectivity index is 1.97. The molecule has 2 rings (SSSR count). The van der Waals surface area contributed by atoms with Crippen molar-refractivity contribution < 1.29 is 0 Å². The molecule has 0 spiro atoms. The Kier molecular flexibility index (Phi) is 5.14. The summed E-state index contributed by atoms with van der Waals surface area (Å²) in [6, 6.07) is 10.6. The highest BCUT2D eigenvalue weighted by molar-refractivity contribution is 7.09. The first-order valence-electron chi connectivity index (χ1n) is 6.50. The van der Waals surface area contributed by atoms with E-state index in [1.165, 1.54) is 5.56 Å². The van der Waals surface area contributed by atoms with Crippen molar-refractivity contribution in [3.05, 3.63) is 40.7 Å². The van der Waals surface area contributed by atoms with Crippen LogP contribution in [0.5, 0.6) is 0 Å². The van der Waals surface area contributed by atoms with Crippen LogP contribution in [0.4, 0.5) is 0 Å². The van der Waals surface area contributed by atoms with Gasteiger partial charge in [0.1, 0.15) is 5.01 Å². The monoisotopic (exact) mass is 270 g/mol. The Morgan fingerprint density at radius 1 is 1.37 bits per heavy atom. The fraction of sp³-hybridized carbons (Fsp3) is 0.312. The maximum Gasteiger partial charge on any atom is 0.107 e. The van der Waals surface area contributed by atoms with Gasteiger partial charge in [-0.15, -0.1) is 23.7 Å². The van der Waals surface area contributed by atoms with Gasteiger partial charge in [0.15, 0.2) is 0 Å². The standard InChI is InChI=1S/C16H18N2S/c1-3-8-14(4-2)17-11-16-18-15(12-19-16)13-9-6-5-7-10-13/h1,5-7,9-10,12,14,17H,4,8,11H2,2H3. The molecule has 0 amide bonds. The van der Waals surface area contributed by atoms with Crippen molar-refractivity contribution in [2.45, 2.75) is 32.4 Å². The minimum absolute atomic E-state index is 0.383. The molecule has 0 saturated carbocycles. The summed E-state index contributed by atoms with van der Waals surface area (Å²) in [6.45, 7) is 2.93. The fourth-order valence-corrected chi connectivity index (χ4v) is 2.62. The van der Waals surface area contributed by atoms with Gasteiger partial charge in [0, 0.05) is 30.0 Å². The van der Waals surface area contributed by atoms with Gasteiger partial charge in [-0.3, -0.25) is 0 Å². The summed E-state index contributed by atoms with van der Waals surface area (Å²) >= 11 is 1.69. The average molecular weight is 270 g/mol. The third-order valence-corrected chi connectivity index (χ3v) is 3.87. The van der Waals surface area contributed by atoms with E-state index in [4.69, 9.17) is 6.42 Å². The van der Waals surface area contributed by atoms with Crippen molar-refractivity contribution in [1.29, 1.82) is 0 Å². The molecular weight excluding hydrogens is 252 g/mol. The van der Waals surface area contributed by atoms with Gasteiger partial charge in [0.25, 0.3) is 0 Å². The molecule has 1 aromatic carbocycles. The molecule has 2 aromatic rings. The van der Waals surface area contributed by atoms with Gasteiger partial charge in [-0.25, -0.2) is 4.98 Å². The lowest BCUT2D eigenvalue weighted by atomic mass is 10.1. The van der Waals surface area contributed by atoms with E-state index >= 15 is 0 Å². The number of rotatable bonds is 6. The van der Waals surface area contributed by atoms with Crippen LogP contribution in [-0.4, -0.2) is 11.0 Å². The fourth-order valence-electron chi connectivity index (χ4n) is 1.87. The van der Waals surface area contributed by atoms with E-state index in [2.05, 4.69) is 40.7 Å². The first-order chi connectivity index (χ1) is 9.33. The summed E-state index contributed by atoms with van der Waals surface area (Å²) in [5, 5.41) is 6.67. The molecule has 0 bridgehead atoms. The van der Waals surface area contributed by atoms with Gasteiger partial charge in [-0.2, -0.15) is 0 Å². The molecule has 1 heterocycles. The number of nitrogens with one attached hydrogen (secondary N) is 1. The van der Waals surface area contributed by atoms with Crippen molar-refractivity contribution in [3.8, 4) is 23.6 Å². The Bertz CT molecular complexity index is 539. The van der Waals surface area contributed by atoms with Gasteiger partial charge >= 0.3 is 0 Å². The molecule has 1 atom stereocenters. The molecule has 0 aliphatic heterocycles. The molecule has 1 unspecified atom stereocenters. The Morgan fingerprint density at radius 3 is 2.84 bits per heavy atom. The molecule has 0 aliphatic carbocycles. The summed E-state index contributed by atoms with van der Waals surface area (Å²) in [7, 11) is 0. The predicted molar refractivity (Wildman–Crippen MR) is 81.9 cm³/mol. The van der Waals surface area contributed by atoms with Crippen molar-refractivity contribution in [2.24, 2.45) is 0 Å². The Hall–Kier alpha value is -1.63. The van der Waals surface area contributed by atoms with E-state index < -0.39 is 0 Å². The Labute approximate surface area is 118 Å². The lowest BCUT2D eigenvalue weighted by Gasteiger charge is -2.12. The zero-order valence-electron chi connectivity index (χ0n) is 11.1. The van der Waals surface area contributed by atoms with Crippen LogP contribution < -0.4 is 5.32 Å². The summed E-state index contributed by atoms with van der Waals surface area (Å²) in [5.41, 5.74) is 2.22. The van der Waals surface area contributed by atoms with Crippen LogP contribution in [0, 0.1) is 12.3 Å². The molecule has 0 aliphatic rings. The number of hydrogen-bond donors (Lipinski definition) is 1. The number of thiazole rings is 1. The topological polar surface area (TPSA) is 24.9 Å². The molecule has 98 valence electrons. The van der Waals surface area contributed by atoms with Gasteiger partial charge in [-0.1, -0.05) is 37.3 Å². The minimum Gasteiger partial charge on any atom is -0.307 e. The van der Waals surface area contributed by atoms with Crippen LogP contribution in [0.25, 0.3) is 11.3 Å². The van der Waals surface area contributed by atoms with Gasteiger partial charge in [0.2, 0.25) is 0 Å². The second-order valence-electron chi connectivity index (χ2n) is 4.39. The van der Waals surface area contributed by atoms with Crippen molar-refractivity contribution in [1.82, 2.24) is 10.3 Å². The van der Waals surface area contributed by atoms with E-state index in [1.54, 1.807) is 11.3 Å². The molecule has 0 radical (unpaired) electrons. The summed E-state index contributed by atoms with van der Waals surface area (Å²) in [4.78, 5) is 4.65. The Morgan fingerprint density at radius 2 is 2.16 bits per heavy atom. The third kappa shape index (κ3) is 3.92. The van der Waals surface area contributed by atoms with Crippen molar-refractivity contribution in [3.63, 3.8) is 0 Å². The highest BCUT2D eigenvalue weighted by Gasteiger charge is 2.07. The number of aromatic nitrogens is 1. The molecule has 0 saturated heterocycles. The SMILES string of the molecule is C#CCC(CC)NCc1nc(-c2ccccc2)cs1. The minimum atomic E-state index is 0.383. The molecular formula is C16H18N2S. The molecule has 1 N–H and O–H groups in total. The van der Waals surface area contributed by atoms with Gasteiger partial charge < -0.3 is 5.32 Å². The van der Waals surface area contributed by atoms with Gasteiger partial charge in [0.05, 0.1) is 5.69 Å². The second kappa shape index (κ2) is 7.08. The second-order valence-corrected chi connectivity index (χ2v) is 5.33.